The van der Waals surface area contributed by atoms with Gasteiger partial charge in [0, 0.05) is 30.1 Å². The van der Waals surface area contributed by atoms with E-state index in [0.29, 0.717) is 57.8 Å². The van der Waals surface area contributed by atoms with Crippen LogP contribution in [-0.2, 0) is 38.2 Å². The van der Waals surface area contributed by atoms with Crippen molar-refractivity contribution in [3.05, 3.63) is 12.2 Å². The first-order valence-corrected chi connectivity index (χ1v) is 20.9. The maximum Gasteiger partial charge on any atom is 1.00 e. The Kier molecular flexibility index (Phi) is 15.8. The van der Waals surface area contributed by atoms with Crippen LogP contribution in [0.3, 0.4) is 0 Å². The third kappa shape index (κ3) is 9.02. The average molecular weight is 789 g/mol. The van der Waals surface area contributed by atoms with E-state index in [-0.39, 0.29) is 65.3 Å². The van der Waals surface area contributed by atoms with Gasteiger partial charge < -0.3 is 49.1 Å². The molecule has 4 fully saturated rings. The molecule has 3 N–H and O–H groups in total. The molecule has 13 heteroatoms. The topological polar surface area (TPSA) is 173 Å². The molecule has 5 aliphatic rings. The number of carbonyl (C=O) groups excluding carboxylic acids is 2. The molecule has 12 nitrogen and oxygen atoms in total. The molecule has 0 radical (unpaired) electrons. The number of hydrogen-bond donors (Lipinski definition) is 3. The Bertz CT molecular complexity index is 1350. The quantitative estimate of drug-likeness (QED) is 0.114. The fourth-order valence-corrected chi connectivity index (χ4v) is 10.5. The standard InChI is InChI=1S/C42H70O12.Na/c1-11-29(38(46)52-48)31-15-14-23(4)36(50-31)27(8)34(44)26(7)35(45)30(12-2)37-24(5)22-25(6)41(51-37)19-16-32(43)42(54-41)21-20-39(10,53-42)33-17-18-40(47,13-3)28(9)49-33;/h16,19,23-34,36-37,43-44,47-48H,11-15,17-18,20-22H2,1-10H3;/q;+1/p-1/t23-,24-,25+,26-,27-,28-,29+,30-,31+,32+,33+,34+,36+,37-,39-,40+,41-,42-;/m0./s1. The summed E-state index contributed by atoms with van der Waals surface area (Å²) in [6.45, 7) is 19.5. The monoisotopic (exact) mass is 788 g/mol. The number of ketones is 1. The first kappa shape index (κ1) is 47.2. The molecule has 5 aliphatic heterocycles. The van der Waals surface area contributed by atoms with Crippen LogP contribution in [0.25, 0.3) is 0 Å². The number of rotatable bonds is 12. The Morgan fingerprint density at radius 1 is 0.927 bits per heavy atom. The maximum absolute atomic E-state index is 14.5. The third-order valence-corrected chi connectivity index (χ3v) is 14.5. The average Bonchev–Trinajstić information content (AvgIpc) is 3.50. The number of hydrogen-bond acceptors (Lipinski definition) is 12. The minimum atomic E-state index is -1.38. The molecule has 0 aliphatic carbocycles. The Labute approximate surface area is 351 Å². The second-order valence-corrected chi connectivity index (χ2v) is 18.0. The summed E-state index contributed by atoms with van der Waals surface area (Å²) in [4.78, 5) is 30.5. The molecule has 5 rings (SSSR count). The molecule has 0 unspecified atom stereocenters. The summed E-state index contributed by atoms with van der Waals surface area (Å²) in [5.41, 5.74) is -1.64. The molecule has 55 heavy (non-hydrogen) atoms. The van der Waals surface area contributed by atoms with E-state index in [1.54, 1.807) is 19.1 Å². The molecule has 0 aromatic carbocycles. The summed E-state index contributed by atoms with van der Waals surface area (Å²) in [7, 11) is 0. The van der Waals surface area contributed by atoms with Crippen molar-refractivity contribution in [3.63, 3.8) is 0 Å². The van der Waals surface area contributed by atoms with E-state index >= 15 is 0 Å². The van der Waals surface area contributed by atoms with E-state index in [9.17, 15) is 30.2 Å². The summed E-state index contributed by atoms with van der Waals surface area (Å²) in [5.74, 6) is -6.01. The molecule has 0 bridgehead atoms. The van der Waals surface area contributed by atoms with Gasteiger partial charge in [0.05, 0.1) is 53.7 Å². The van der Waals surface area contributed by atoms with Crippen molar-refractivity contribution < 1.29 is 88.3 Å². The zero-order valence-corrected chi connectivity index (χ0v) is 37.3. The molecular formula is C42H69NaO12. The van der Waals surface area contributed by atoms with Gasteiger partial charge in [-0.1, -0.05) is 55.4 Å². The predicted octanol–water partition coefficient (Wildman–Crippen LogP) is 1.93. The van der Waals surface area contributed by atoms with Crippen molar-refractivity contribution in [1.29, 1.82) is 0 Å². The molecule has 0 aromatic rings. The van der Waals surface area contributed by atoms with Gasteiger partial charge in [-0.25, -0.2) is 0 Å². The fraction of sp³-hybridized carbons (Fsp3) is 0.905. The van der Waals surface area contributed by atoms with E-state index in [2.05, 4.69) is 18.7 Å². The zero-order chi connectivity index (χ0) is 40.0. The van der Waals surface area contributed by atoms with Crippen LogP contribution in [0.15, 0.2) is 12.2 Å². The minimum Gasteiger partial charge on any atom is -0.662 e. The van der Waals surface area contributed by atoms with Crippen LogP contribution in [0.5, 0.6) is 0 Å². The van der Waals surface area contributed by atoms with Gasteiger partial charge >= 0.3 is 35.5 Å². The van der Waals surface area contributed by atoms with Crippen LogP contribution >= 0.6 is 0 Å². The minimum absolute atomic E-state index is 0. The Balaban J connectivity index is 0.00000673. The molecule has 18 atom stereocenters. The van der Waals surface area contributed by atoms with Gasteiger partial charge in [-0.3, -0.25) is 9.59 Å². The van der Waals surface area contributed by atoms with Gasteiger partial charge in [-0.15, -0.1) is 0 Å². The molecule has 0 amide bonds. The van der Waals surface area contributed by atoms with Crippen molar-refractivity contribution in [1.82, 2.24) is 0 Å². The van der Waals surface area contributed by atoms with E-state index in [1.807, 2.05) is 48.5 Å². The number of aliphatic hydroxyl groups is 3. The van der Waals surface area contributed by atoms with E-state index in [4.69, 9.17) is 23.7 Å². The third-order valence-electron chi connectivity index (χ3n) is 14.5. The van der Waals surface area contributed by atoms with Crippen LogP contribution in [-0.4, -0.2) is 92.6 Å². The van der Waals surface area contributed by atoms with Gasteiger partial charge in [0.25, 0.3) is 0 Å². The second kappa shape index (κ2) is 18.4. The van der Waals surface area contributed by atoms with Crippen LogP contribution in [0, 0.1) is 41.4 Å². The van der Waals surface area contributed by atoms with E-state index in [1.165, 1.54) is 0 Å². The van der Waals surface area contributed by atoms with Gasteiger partial charge in [0.2, 0.25) is 5.79 Å². The maximum atomic E-state index is 14.5. The summed E-state index contributed by atoms with van der Waals surface area (Å²) in [6.07, 6.45) is 5.08. The van der Waals surface area contributed by atoms with Crippen LogP contribution < -0.4 is 34.8 Å². The Morgan fingerprint density at radius 2 is 1.60 bits per heavy atom. The van der Waals surface area contributed by atoms with Gasteiger partial charge in [-0.05, 0) is 95.6 Å². The number of aliphatic hydroxyl groups excluding tert-OH is 2. The van der Waals surface area contributed by atoms with Crippen molar-refractivity contribution in [3.8, 4) is 0 Å². The van der Waals surface area contributed by atoms with Gasteiger partial charge in [0.15, 0.2) is 5.79 Å². The second-order valence-electron chi connectivity index (χ2n) is 18.0. The van der Waals surface area contributed by atoms with Gasteiger partial charge in [-0.2, -0.15) is 0 Å². The van der Waals surface area contributed by atoms with Crippen LogP contribution in [0.4, 0.5) is 0 Å². The summed E-state index contributed by atoms with van der Waals surface area (Å²) in [5, 5.41) is 45.2. The van der Waals surface area contributed by atoms with E-state index < -0.39 is 82.9 Å². The first-order valence-electron chi connectivity index (χ1n) is 20.9. The van der Waals surface area contributed by atoms with Crippen molar-refractivity contribution in [2.24, 2.45) is 41.4 Å². The number of Topliss-reactive ketones (excluding diaryl/α,β-unsaturated/α-hetero) is 1. The smallest absolute Gasteiger partial charge is 0.662 e. The fourth-order valence-electron chi connectivity index (χ4n) is 10.5. The van der Waals surface area contributed by atoms with Crippen LogP contribution in [0.2, 0.25) is 0 Å². The Morgan fingerprint density at radius 3 is 2.20 bits per heavy atom. The number of carbonyl (C=O) groups is 2. The molecular weight excluding hydrogens is 719 g/mol. The molecule has 0 saturated carbocycles. The summed E-state index contributed by atoms with van der Waals surface area (Å²) >= 11 is 0. The first-order chi connectivity index (χ1) is 25.3. The predicted molar refractivity (Wildman–Crippen MR) is 197 cm³/mol. The SMILES string of the molecule is CC[C@@H](C(=O)[C@@H](C)[C@@H](O)[C@H](C)[C@@H]1O[C@@H]([C@@H](CC)C(=O)O[O-])CC[C@@H]1C)[C@H]1O[C@]2(C=C[C@@H](O)[C@]3(CC[C@@](C)([C@H]4CC[C@](O)(CC)[C@H](C)O4)O3)O2)[C@H](C)C[C@@H]1C.[Na+]. The summed E-state index contributed by atoms with van der Waals surface area (Å²) in [6, 6.07) is 0. The molecule has 2 spiro atoms. The van der Waals surface area contributed by atoms with Gasteiger partial charge in [0.1, 0.15) is 11.9 Å². The molecule has 310 valence electrons. The van der Waals surface area contributed by atoms with Crippen molar-refractivity contribution >= 4 is 11.8 Å². The van der Waals surface area contributed by atoms with Crippen molar-refractivity contribution in [2.75, 3.05) is 0 Å². The number of ether oxygens (including phenoxy) is 5. The normalized spacial score (nSPS) is 44.7. The van der Waals surface area contributed by atoms with Crippen LogP contribution in [0.1, 0.15) is 133 Å². The van der Waals surface area contributed by atoms with E-state index in [0.717, 1.165) is 6.42 Å². The molecule has 5 heterocycles. The summed E-state index contributed by atoms with van der Waals surface area (Å²) < 4.78 is 33.5. The zero-order valence-electron chi connectivity index (χ0n) is 35.3. The van der Waals surface area contributed by atoms with Crippen molar-refractivity contribution in [2.45, 2.75) is 199 Å². The largest absolute Gasteiger partial charge is 1.00 e. The molecule has 4 saturated heterocycles. The molecule has 0 aromatic heterocycles. The Hall–Kier alpha value is -0.480.